The zero-order chi connectivity index (χ0) is 24.4. The van der Waals surface area contributed by atoms with E-state index in [1.807, 2.05) is 0 Å². The number of rotatable bonds is 12. The fourth-order valence-electron chi connectivity index (χ4n) is 3.44. The Bertz CT molecular complexity index is 816. The zero-order valence-corrected chi connectivity index (χ0v) is 18.3. The number of esters is 1. The van der Waals surface area contributed by atoms with Gasteiger partial charge < -0.3 is 19.5 Å². The largest absolute Gasteiger partial charge is 0.420 e. The average molecular weight is 477 g/mol. The highest BCUT2D eigenvalue weighted by Gasteiger charge is 2.28. The monoisotopic (exact) mass is 477 g/mol. The van der Waals surface area contributed by atoms with Gasteiger partial charge in [-0.15, -0.1) is 0 Å². The van der Waals surface area contributed by atoms with Gasteiger partial charge in [0.1, 0.15) is 5.78 Å². The summed E-state index contributed by atoms with van der Waals surface area (Å²) in [6.07, 6.45) is 2.45. The fourth-order valence-corrected chi connectivity index (χ4v) is 3.44. The van der Waals surface area contributed by atoms with Crippen molar-refractivity contribution in [1.82, 2.24) is 5.32 Å². The molecule has 0 heterocycles. The molecule has 0 radical (unpaired) electrons. The van der Waals surface area contributed by atoms with Crippen LogP contribution in [0.3, 0.4) is 0 Å². The molecule has 1 aliphatic carbocycles. The third-order valence-electron chi connectivity index (χ3n) is 5.33. The molecule has 33 heavy (non-hydrogen) atoms. The number of benzene rings is 1. The molecule has 0 bridgehead atoms. The summed E-state index contributed by atoms with van der Waals surface area (Å²) < 4.78 is 67.8. The summed E-state index contributed by atoms with van der Waals surface area (Å²) in [5.41, 5.74) is 0. The van der Waals surface area contributed by atoms with Gasteiger partial charge in [-0.05, 0) is 32.6 Å². The molecule has 0 atom stereocenters. The summed E-state index contributed by atoms with van der Waals surface area (Å²) in [7, 11) is 0. The first-order valence-electron chi connectivity index (χ1n) is 10.7. The number of amides is 1. The van der Waals surface area contributed by atoms with Crippen LogP contribution in [0.15, 0.2) is 6.07 Å². The normalized spacial score (nSPS) is 18.1. The molecular weight excluding hydrogens is 450 g/mol. The van der Waals surface area contributed by atoms with Crippen LogP contribution in [0.2, 0.25) is 0 Å². The minimum absolute atomic E-state index is 0.0112. The number of hydrogen-bond acceptors (Lipinski definition) is 6. The van der Waals surface area contributed by atoms with Crippen LogP contribution in [0.25, 0.3) is 0 Å². The maximum Gasteiger partial charge on any atom is 0.313 e. The van der Waals surface area contributed by atoms with E-state index in [4.69, 9.17) is 9.47 Å². The van der Waals surface area contributed by atoms with Crippen molar-refractivity contribution in [3.05, 3.63) is 29.3 Å². The molecule has 1 fully saturated rings. The molecule has 1 saturated carbocycles. The molecule has 1 aromatic rings. The first-order valence-corrected chi connectivity index (χ1v) is 10.7. The Labute approximate surface area is 188 Å². The number of ketones is 1. The Balaban J connectivity index is 1.51. The third kappa shape index (κ3) is 8.39. The molecule has 184 valence electrons. The number of carbonyl (C=O) groups excluding carboxylic acids is 3. The molecule has 7 nitrogen and oxygen atoms in total. The highest BCUT2D eigenvalue weighted by Crippen LogP contribution is 2.29. The molecule has 1 amide bonds. The molecule has 0 unspecified atom stereocenters. The number of Topliss-reactive ketones (excluding diaryl/α,β-unsaturated/α-hetero) is 1. The fraction of sp³-hybridized carbons (Fsp3) is 0.591. The maximum atomic E-state index is 13.4. The van der Waals surface area contributed by atoms with E-state index in [1.165, 1.54) is 0 Å². The molecule has 1 N–H and O–H groups in total. The van der Waals surface area contributed by atoms with Crippen molar-refractivity contribution < 1.29 is 46.2 Å². The van der Waals surface area contributed by atoms with Crippen molar-refractivity contribution in [2.45, 2.75) is 39.0 Å². The molecule has 0 aliphatic heterocycles. The highest BCUT2D eigenvalue weighted by molar-refractivity contribution is 5.81. The SMILES string of the molecule is CC(=O)C1CCC(C(=O)NCCOCCOCCC(=O)Oc2c(F)c(F)cc(F)c2F)CC1. The molecule has 11 heteroatoms. The first-order chi connectivity index (χ1) is 15.7. The van der Waals surface area contributed by atoms with Crippen LogP contribution in [0.4, 0.5) is 17.6 Å². The van der Waals surface area contributed by atoms with Gasteiger partial charge in [0.2, 0.25) is 23.3 Å². The van der Waals surface area contributed by atoms with Gasteiger partial charge in [0.25, 0.3) is 0 Å². The number of nitrogens with one attached hydrogen (secondary N) is 1. The van der Waals surface area contributed by atoms with Crippen LogP contribution in [0.5, 0.6) is 5.75 Å². The Morgan fingerprint density at radius 1 is 0.879 bits per heavy atom. The minimum atomic E-state index is -1.80. The Hall–Kier alpha value is -2.53. The van der Waals surface area contributed by atoms with E-state index >= 15 is 0 Å². The molecule has 0 aromatic heterocycles. The van der Waals surface area contributed by atoms with E-state index in [0.29, 0.717) is 19.4 Å². The topological polar surface area (TPSA) is 90.9 Å². The van der Waals surface area contributed by atoms with Crippen molar-refractivity contribution in [2.24, 2.45) is 11.8 Å². The summed E-state index contributed by atoms with van der Waals surface area (Å²) in [5.74, 6) is -9.43. The predicted octanol–water partition coefficient (Wildman–Crippen LogP) is 3.08. The number of ether oxygens (including phenoxy) is 3. The van der Waals surface area contributed by atoms with Crippen LogP contribution in [-0.4, -0.2) is 50.6 Å². The second kappa shape index (κ2) is 13.2. The Morgan fingerprint density at radius 2 is 1.42 bits per heavy atom. The van der Waals surface area contributed by atoms with E-state index in [2.05, 4.69) is 10.1 Å². The van der Waals surface area contributed by atoms with E-state index in [9.17, 15) is 31.9 Å². The molecule has 1 aromatic carbocycles. The highest BCUT2D eigenvalue weighted by atomic mass is 19.2. The summed E-state index contributed by atoms with van der Waals surface area (Å²) >= 11 is 0. The second-order valence-electron chi connectivity index (χ2n) is 7.70. The second-order valence-corrected chi connectivity index (χ2v) is 7.70. The lowest BCUT2D eigenvalue weighted by Gasteiger charge is -2.26. The number of hydrogen-bond donors (Lipinski definition) is 1. The maximum absolute atomic E-state index is 13.4. The van der Waals surface area contributed by atoms with Gasteiger partial charge in [0.05, 0.1) is 32.8 Å². The third-order valence-corrected chi connectivity index (χ3v) is 5.33. The quantitative estimate of drug-likeness (QED) is 0.164. The van der Waals surface area contributed by atoms with Gasteiger partial charge in [0, 0.05) is 24.4 Å². The lowest BCUT2D eigenvalue weighted by atomic mass is 9.80. The van der Waals surface area contributed by atoms with Gasteiger partial charge in [-0.2, -0.15) is 8.78 Å². The van der Waals surface area contributed by atoms with Crippen LogP contribution in [-0.2, 0) is 23.9 Å². The predicted molar refractivity (Wildman–Crippen MR) is 107 cm³/mol. The van der Waals surface area contributed by atoms with Gasteiger partial charge in [-0.1, -0.05) is 0 Å². The van der Waals surface area contributed by atoms with Gasteiger partial charge in [-0.3, -0.25) is 14.4 Å². The number of halogens is 4. The number of carbonyl (C=O) groups is 3. The molecule has 2 rings (SSSR count). The van der Waals surface area contributed by atoms with E-state index in [0.717, 1.165) is 12.8 Å². The smallest absolute Gasteiger partial charge is 0.313 e. The Kier molecular flexibility index (Phi) is 10.7. The average Bonchev–Trinajstić information content (AvgIpc) is 2.79. The van der Waals surface area contributed by atoms with Crippen LogP contribution < -0.4 is 10.1 Å². The Morgan fingerprint density at radius 3 is 2.00 bits per heavy atom. The zero-order valence-electron chi connectivity index (χ0n) is 18.3. The lowest BCUT2D eigenvalue weighted by Crippen LogP contribution is -2.36. The van der Waals surface area contributed by atoms with Crippen molar-refractivity contribution in [2.75, 3.05) is 33.0 Å². The minimum Gasteiger partial charge on any atom is -0.420 e. The molecule has 0 saturated heterocycles. The summed E-state index contributed by atoms with van der Waals surface area (Å²) in [5, 5.41) is 2.79. The van der Waals surface area contributed by atoms with E-state index in [-0.39, 0.29) is 56.0 Å². The molecular formula is C22H27F4NO6. The first kappa shape index (κ1) is 26.7. The van der Waals surface area contributed by atoms with Gasteiger partial charge in [-0.25, -0.2) is 8.78 Å². The van der Waals surface area contributed by atoms with Crippen LogP contribution in [0, 0.1) is 35.1 Å². The summed E-state index contributed by atoms with van der Waals surface area (Å²) in [6.45, 7) is 2.27. The molecule has 1 aliphatic rings. The standard InChI is InChI=1S/C22H27F4NO6/c1-13(28)14-2-4-15(5-3-14)22(30)27-7-9-32-11-10-31-8-6-18(29)33-21-19(25)16(23)12-17(24)20(21)26/h12,14-15H,2-11H2,1H3,(H,27,30). The summed E-state index contributed by atoms with van der Waals surface area (Å²) in [4.78, 5) is 35.1. The van der Waals surface area contributed by atoms with Gasteiger partial charge >= 0.3 is 5.97 Å². The van der Waals surface area contributed by atoms with Crippen LogP contribution in [0.1, 0.15) is 39.0 Å². The lowest BCUT2D eigenvalue weighted by molar-refractivity contribution is -0.136. The van der Waals surface area contributed by atoms with Crippen LogP contribution >= 0.6 is 0 Å². The van der Waals surface area contributed by atoms with Crippen molar-refractivity contribution in [3.63, 3.8) is 0 Å². The van der Waals surface area contributed by atoms with Crippen molar-refractivity contribution in [1.29, 1.82) is 0 Å². The molecule has 0 spiro atoms. The van der Waals surface area contributed by atoms with E-state index in [1.54, 1.807) is 6.92 Å². The van der Waals surface area contributed by atoms with Gasteiger partial charge in [0.15, 0.2) is 11.6 Å². The summed E-state index contributed by atoms with van der Waals surface area (Å²) in [6, 6.07) is 0.0112. The van der Waals surface area contributed by atoms with Crippen molar-refractivity contribution >= 4 is 17.7 Å². The van der Waals surface area contributed by atoms with Crippen molar-refractivity contribution in [3.8, 4) is 5.75 Å². The van der Waals surface area contributed by atoms with E-state index < -0.39 is 41.4 Å².